The summed E-state index contributed by atoms with van der Waals surface area (Å²) in [7, 11) is 0. The molecule has 2 aromatic carbocycles. The Balaban J connectivity index is 1.79. The number of fused-ring (bicyclic) bond motifs is 1. The summed E-state index contributed by atoms with van der Waals surface area (Å²) in [5.41, 5.74) is 2.91. The highest BCUT2D eigenvalue weighted by Gasteiger charge is 2.09. The van der Waals surface area contributed by atoms with Gasteiger partial charge in [0.1, 0.15) is 0 Å². The van der Waals surface area contributed by atoms with Crippen molar-refractivity contribution in [3.63, 3.8) is 0 Å². The highest BCUT2D eigenvalue weighted by Crippen LogP contribution is 2.17. The van der Waals surface area contributed by atoms with E-state index in [2.05, 4.69) is 10.3 Å². The van der Waals surface area contributed by atoms with Crippen LogP contribution in [0.4, 0.5) is 5.69 Å². The average Bonchev–Trinajstić information content (AvgIpc) is 2.55. The number of pyridine rings is 1. The Bertz CT molecular complexity index is 882. The van der Waals surface area contributed by atoms with Crippen LogP contribution in [0.1, 0.15) is 22.8 Å². The maximum atomic E-state index is 12.3. The summed E-state index contributed by atoms with van der Waals surface area (Å²) in [6.45, 7) is 1.50. The molecule has 1 heterocycles. The van der Waals surface area contributed by atoms with Crippen LogP contribution in [0.2, 0.25) is 0 Å². The van der Waals surface area contributed by atoms with Crippen LogP contribution in [0.3, 0.4) is 0 Å². The molecule has 0 aliphatic rings. The first-order valence-corrected chi connectivity index (χ1v) is 7.37. The maximum absolute atomic E-state index is 12.3. The Labute approximate surface area is 134 Å². The van der Waals surface area contributed by atoms with Crippen LogP contribution < -0.4 is 5.32 Å². The van der Waals surface area contributed by atoms with Crippen LogP contribution >= 0.6 is 0 Å². The summed E-state index contributed by atoms with van der Waals surface area (Å²) < 4.78 is 0. The number of ketones is 1. The number of carbonyl (C=O) groups excluding carboxylic acids is 2. The van der Waals surface area contributed by atoms with E-state index in [4.69, 9.17) is 0 Å². The van der Waals surface area contributed by atoms with Gasteiger partial charge in [-0.2, -0.15) is 0 Å². The molecular formula is C19H16N2O2. The second-order valence-corrected chi connectivity index (χ2v) is 5.35. The van der Waals surface area contributed by atoms with Gasteiger partial charge in [0.05, 0.1) is 11.9 Å². The molecule has 0 atom stereocenters. The summed E-state index contributed by atoms with van der Waals surface area (Å²) >= 11 is 0. The number of aromatic nitrogens is 1. The molecule has 0 spiro atoms. The summed E-state index contributed by atoms with van der Waals surface area (Å²) in [6.07, 6.45) is 1.96. The first kappa shape index (κ1) is 14.9. The van der Waals surface area contributed by atoms with E-state index in [1.807, 2.05) is 30.3 Å². The summed E-state index contributed by atoms with van der Waals surface area (Å²) in [4.78, 5) is 28.0. The van der Waals surface area contributed by atoms with Crippen molar-refractivity contribution < 1.29 is 9.59 Å². The Kier molecular flexibility index (Phi) is 4.15. The zero-order chi connectivity index (χ0) is 16.2. The first-order chi connectivity index (χ1) is 11.1. The molecule has 0 unspecified atom stereocenters. The molecule has 0 bridgehead atoms. The SMILES string of the molecule is CC(=O)c1cccc(NC(=O)Cc2cccc3cccnc23)c1. The second kappa shape index (κ2) is 6.40. The number of nitrogens with one attached hydrogen (secondary N) is 1. The number of Topliss-reactive ketones (excluding diaryl/α,β-unsaturated/α-hetero) is 1. The third kappa shape index (κ3) is 3.43. The van der Waals surface area contributed by atoms with Crippen LogP contribution in [0.5, 0.6) is 0 Å². The third-order valence-electron chi connectivity index (χ3n) is 3.62. The van der Waals surface area contributed by atoms with Gasteiger partial charge in [0.15, 0.2) is 5.78 Å². The Morgan fingerprint density at radius 3 is 2.65 bits per heavy atom. The predicted molar refractivity (Wildman–Crippen MR) is 90.5 cm³/mol. The minimum Gasteiger partial charge on any atom is -0.326 e. The number of hydrogen-bond acceptors (Lipinski definition) is 3. The summed E-state index contributed by atoms with van der Waals surface area (Å²) in [5.74, 6) is -0.164. The largest absolute Gasteiger partial charge is 0.326 e. The molecule has 114 valence electrons. The van der Waals surface area contributed by atoms with Gasteiger partial charge in [-0.1, -0.05) is 36.4 Å². The molecule has 0 saturated carbocycles. The predicted octanol–water partition coefficient (Wildman–Crippen LogP) is 3.62. The fraction of sp³-hybridized carbons (Fsp3) is 0.105. The Hall–Kier alpha value is -3.01. The highest BCUT2D eigenvalue weighted by atomic mass is 16.1. The van der Waals surface area contributed by atoms with E-state index < -0.39 is 0 Å². The van der Waals surface area contributed by atoms with Crippen molar-refractivity contribution in [1.29, 1.82) is 0 Å². The molecule has 3 rings (SSSR count). The van der Waals surface area contributed by atoms with Crippen molar-refractivity contribution in [1.82, 2.24) is 4.98 Å². The van der Waals surface area contributed by atoms with Crippen LogP contribution in [-0.4, -0.2) is 16.7 Å². The number of carbonyl (C=O) groups is 2. The molecule has 4 heteroatoms. The normalized spacial score (nSPS) is 10.5. The standard InChI is InChI=1S/C19H16N2O2/c1-13(22)15-6-3-9-17(11-15)21-18(23)12-16-7-2-5-14-8-4-10-20-19(14)16/h2-11H,12H2,1H3,(H,21,23). The number of para-hydroxylation sites is 1. The average molecular weight is 304 g/mol. The van der Waals surface area contributed by atoms with Crippen molar-refractivity contribution in [2.75, 3.05) is 5.32 Å². The van der Waals surface area contributed by atoms with Gasteiger partial charge in [0, 0.05) is 22.8 Å². The Morgan fingerprint density at radius 2 is 1.83 bits per heavy atom. The lowest BCUT2D eigenvalue weighted by Gasteiger charge is -2.08. The van der Waals surface area contributed by atoms with Crippen molar-refractivity contribution >= 4 is 28.3 Å². The quantitative estimate of drug-likeness (QED) is 0.749. The smallest absolute Gasteiger partial charge is 0.228 e. The first-order valence-electron chi connectivity index (χ1n) is 7.37. The second-order valence-electron chi connectivity index (χ2n) is 5.35. The van der Waals surface area contributed by atoms with E-state index >= 15 is 0 Å². The molecule has 3 aromatic rings. The van der Waals surface area contributed by atoms with Gasteiger partial charge in [-0.15, -0.1) is 0 Å². The molecule has 0 saturated heterocycles. The number of amides is 1. The van der Waals surface area contributed by atoms with Gasteiger partial charge in [-0.25, -0.2) is 0 Å². The number of rotatable bonds is 4. The number of hydrogen-bond donors (Lipinski definition) is 1. The van der Waals surface area contributed by atoms with Gasteiger partial charge in [-0.3, -0.25) is 14.6 Å². The molecule has 0 radical (unpaired) electrons. The number of anilines is 1. The van der Waals surface area contributed by atoms with Gasteiger partial charge in [0.25, 0.3) is 0 Å². The third-order valence-corrected chi connectivity index (χ3v) is 3.62. The van der Waals surface area contributed by atoms with Gasteiger partial charge < -0.3 is 5.32 Å². The van der Waals surface area contributed by atoms with Crippen molar-refractivity contribution in [2.45, 2.75) is 13.3 Å². The maximum Gasteiger partial charge on any atom is 0.228 e. The molecule has 1 N–H and O–H groups in total. The molecule has 0 fully saturated rings. The van der Waals surface area contributed by atoms with Crippen molar-refractivity contribution in [3.8, 4) is 0 Å². The topological polar surface area (TPSA) is 59.1 Å². The van der Waals surface area contributed by atoms with Gasteiger partial charge >= 0.3 is 0 Å². The molecule has 1 aromatic heterocycles. The van der Waals surface area contributed by atoms with Crippen molar-refractivity contribution in [2.24, 2.45) is 0 Å². The van der Waals surface area contributed by atoms with E-state index in [0.717, 1.165) is 16.5 Å². The lowest BCUT2D eigenvalue weighted by molar-refractivity contribution is -0.115. The highest BCUT2D eigenvalue weighted by molar-refractivity contribution is 5.98. The lowest BCUT2D eigenvalue weighted by Crippen LogP contribution is -2.15. The fourth-order valence-corrected chi connectivity index (χ4v) is 2.50. The van der Waals surface area contributed by atoms with Crippen LogP contribution in [0, 0.1) is 0 Å². The van der Waals surface area contributed by atoms with E-state index in [-0.39, 0.29) is 18.1 Å². The fourth-order valence-electron chi connectivity index (χ4n) is 2.50. The number of benzene rings is 2. The van der Waals surface area contributed by atoms with E-state index in [9.17, 15) is 9.59 Å². The van der Waals surface area contributed by atoms with Gasteiger partial charge in [-0.05, 0) is 30.7 Å². The summed E-state index contributed by atoms with van der Waals surface area (Å²) in [6, 6.07) is 16.6. The lowest BCUT2D eigenvalue weighted by atomic mass is 10.1. The van der Waals surface area contributed by atoms with E-state index in [0.29, 0.717) is 11.3 Å². The van der Waals surface area contributed by atoms with E-state index in [1.165, 1.54) is 6.92 Å². The van der Waals surface area contributed by atoms with Crippen LogP contribution in [-0.2, 0) is 11.2 Å². The molecule has 0 aliphatic heterocycles. The number of nitrogens with zero attached hydrogens (tertiary/aromatic N) is 1. The molecule has 23 heavy (non-hydrogen) atoms. The van der Waals surface area contributed by atoms with Gasteiger partial charge in [0.2, 0.25) is 5.91 Å². The van der Waals surface area contributed by atoms with Crippen LogP contribution in [0.15, 0.2) is 60.8 Å². The minimum absolute atomic E-state index is 0.0284. The zero-order valence-corrected chi connectivity index (χ0v) is 12.7. The minimum atomic E-state index is -0.135. The van der Waals surface area contributed by atoms with Crippen LogP contribution in [0.25, 0.3) is 10.9 Å². The monoisotopic (exact) mass is 304 g/mol. The zero-order valence-electron chi connectivity index (χ0n) is 12.7. The van der Waals surface area contributed by atoms with Crippen molar-refractivity contribution in [3.05, 3.63) is 71.9 Å². The van der Waals surface area contributed by atoms with E-state index in [1.54, 1.807) is 30.5 Å². The molecule has 0 aliphatic carbocycles. The Morgan fingerprint density at radius 1 is 1.04 bits per heavy atom. The molecule has 1 amide bonds. The molecule has 4 nitrogen and oxygen atoms in total. The molecular weight excluding hydrogens is 288 g/mol. The summed E-state index contributed by atoms with van der Waals surface area (Å²) in [5, 5.41) is 3.84.